The summed E-state index contributed by atoms with van der Waals surface area (Å²) >= 11 is 0. The van der Waals surface area contributed by atoms with Crippen LogP contribution in [0.2, 0.25) is 0 Å². The van der Waals surface area contributed by atoms with Gasteiger partial charge in [-0.05, 0) is 43.1 Å². The number of aromatic hydroxyl groups is 1. The summed E-state index contributed by atoms with van der Waals surface area (Å²) in [5.74, 6) is 0.830. The molecule has 0 bridgehead atoms. The summed E-state index contributed by atoms with van der Waals surface area (Å²) in [6.07, 6.45) is 5.82. The van der Waals surface area contributed by atoms with Crippen LogP contribution in [0.25, 0.3) is 0 Å². The van der Waals surface area contributed by atoms with E-state index in [9.17, 15) is 5.11 Å². The van der Waals surface area contributed by atoms with E-state index < -0.39 is 0 Å². The number of hydrogen-bond acceptors (Lipinski definition) is 4. The van der Waals surface area contributed by atoms with Crippen LogP contribution in [-0.4, -0.2) is 33.1 Å². The molecule has 1 fully saturated rings. The molecule has 1 aromatic carbocycles. The van der Waals surface area contributed by atoms with Crippen molar-refractivity contribution in [2.45, 2.75) is 25.3 Å². The predicted octanol–water partition coefficient (Wildman–Crippen LogP) is 2.56. The molecule has 2 aromatic rings. The summed E-state index contributed by atoms with van der Waals surface area (Å²) in [4.78, 5) is 10.8. The number of rotatable bonds is 3. The van der Waals surface area contributed by atoms with E-state index in [-0.39, 0.29) is 0 Å². The molecule has 0 spiro atoms. The minimum atomic E-state index is 0.340. The van der Waals surface area contributed by atoms with Crippen molar-refractivity contribution in [3.63, 3.8) is 0 Å². The topological polar surface area (TPSA) is 49.2 Å². The first-order valence-corrected chi connectivity index (χ1v) is 7.07. The highest BCUT2D eigenvalue weighted by molar-refractivity contribution is 5.27. The van der Waals surface area contributed by atoms with Gasteiger partial charge in [-0.15, -0.1) is 0 Å². The van der Waals surface area contributed by atoms with E-state index >= 15 is 0 Å². The normalized spacial score (nSPS) is 19.9. The molecule has 4 nitrogen and oxygen atoms in total. The molecule has 104 valence electrons. The molecular formula is C16H19N3O. The second-order valence-electron chi connectivity index (χ2n) is 5.38. The SMILES string of the molecule is Oc1cccc(CN2CCC[C@@H](c3ccncn3)C2)c1. The number of phenolic OH excluding ortho intramolecular Hbond substituents is 1. The monoisotopic (exact) mass is 269 g/mol. The lowest BCUT2D eigenvalue weighted by Gasteiger charge is -2.32. The van der Waals surface area contributed by atoms with Crippen molar-refractivity contribution in [2.24, 2.45) is 0 Å². The molecule has 1 saturated heterocycles. The summed E-state index contributed by atoms with van der Waals surface area (Å²) in [6, 6.07) is 9.53. The van der Waals surface area contributed by atoms with Gasteiger partial charge < -0.3 is 5.11 Å². The van der Waals surface area contributed by atoms with Crippen molar-refractivity contribution in [1.29, 1.82) is 0 Å². The maximum absolute atomic E-state index is 9.54. The number of piperidine rings is 1. The number of likely N-dealkylation sites (tertiary alicyclic amines) is 1. The highest BCUT2D eigenvalue weighted by atomic mass is 16.3. The van der Waals surface area contributed by atoms with Gasteiger partial charge in [0.2, 0.25) is 0 Å². The van der Waals surface area contributed by atoms with E-state index in [1.165, 1.54) is 12.8 Å². The van der Waals surface area contributed by atoms with Crippen LogP contribution in [-0.2, 0) is 6.54 Å². The van der Waals surface area contributed by atoms with Crippen LogP contribution in [0.1, 0.15) is 30.0 Å². The molecule has 20 heavy (non-hydrogen) atoms. The molecule has 0 saturated carbocycles. The van der Waals surface area contributed by atoms with E-state index in [2.05, 4.69) is 20.9 Å². The first-order chi connectivity index (χ1) is 9.81. The van der Waals surface area contributed by atoms with Crippen molar-refractivity contribution in [2.75, 3.05) is 13.1 Å². The number of aromatic nitrogens is 2. The molecule has 0 aliphatic carbocycles. The van der Waals surface area contributed by atoms with Gasteiger partial charge in [-0.1, -0.05) is 12.1 Å². The van der Waals surface area contributed by atoms with Crippen LogP contribution < -0.4 is 0 Å². The molecule has 0 radical (unpaired) electrons. The fourth-order valence-electron chi connectivity index (χ4n) is 2.90. The van der Waals surface area contributed by atoms with E-state index in [4.69, 9.17) is 0 Å². The van der Waals surface area contributed by atoms with Crippen molar-refractivity contribution in [3.05, 3.63) is 54.1 Å². The van der Waals surface area contributed by atoms with Gasteiger partial charge in [0, 0.05) is 30.9 Å². The minimum absolute atomic E-state index is 0.340. The molecule has 4 heteroatoms. The highest BCUT2D eigenvalue weighted by Crippen LogP contribution is 2.26. The Morgan fingerprint density at radius 3 is 3.05 bits per heavy atom. The fraction of sp³-hybridized carbons (Fsp3) is 0.375. The average Bonchev–Trinajstić information content (AvgIpc) is 2.48. The molecule has 1 atom stereocenters. The van der Waals surface area contributed by atoms with Crippen LogP contribution in [0.5, 0.6) is 5.75 Å². The summed E-state index contributed by atoms with van der Waals surface area (Å²) in [5, 5.41) is 9.54. The van der Waals surface area contributed by atoms with Crippen LogP contribution >= 0.6 is 0 Å². The molecular weight excluding hydrogens is 250 g/mol. The molecule has 1 aromatic heterocycles. The number of hydrogen-bond donors (Lipinski definition) is 1. The molecule has 1 N–H and O–H groups in total. The van der Waals surface area contributed by atoms with Gasteiger partial charge in [-0.2, -0.15) is 0 Å². The zero-order chi connectivity index (χ0) is 13.8. The van der Waals surface area contributed by atoms with Crippen molar-refractivity contribution < 1.29 is 5.11 Å². The standard InChI is InChI=1S/C16H19N3O/c20-15-5-1-3-13(9-15)10-19-8-2-4-14(11-19)16-6-7-17-12-18-16/h1,3,5-7,9,12,14,20H,2,4,8,10-11H2/t14-/m1/s1. The number of phenols is 1. The van der Waals surface area contributed by atoms with E-state index in [0.717, 1.165) is 30.9 Å². The zero-order valence-electron chi connectivity index (χ0n) is 11.4. The van der Waals surface area contributed by atoms with Crippen LogP contribution in [0, 0.1) is 0 Å². The molecule has 3 rings (SSSR count). The largest absolute Gasteiger partial charge is 0.508 e. The van der Waals surface area contributed by atoms with Crippen molar-refractivity contribution >= 4 is 0 Å². The van der Waals surface area contributed by atoms with Gasteiger partial charge in [0.1, 0.15) is 12.1 Å². The van der Waals surface area contributed by atoms with Crippen LogP contribution in [0.4, 0.5) is 0 Å². The lowest BCUT2D eigenvalue weighted by Crippen LogP contribution is -2.34. The van der Waals surface area contributed by atoms with Gasteiger partial charge in [0.05, 0.1) is 0 Å². The summed E-state index contributed by atoms with van der Waals surface area (Å²) < 4.78 is 0. The number of benzene rings is 1. The van der Waals surface area contributed by atoms with Gasteiger partial charge in [0.25, 0.3) is 0 Å². The molecule has 0 unspecified atom stereocenters. The van der Waals surface area contributed by atoms with Crippen LogP contribution in [0.15, 0.2) is 42.9 Å². The maximum atomic E-state index is 9.54. The average molecular weight is 269 g/mol. The lowest BCUT2D eigenvalue weighted by molar-refractivity contribution is 0.198. The second kappa shape index (κ2) is 6.01. The minimum Gasteiger partial charge on any atom is -0.508 e. The third-order valence-electron chi connectivity index (χ3n) is 3.85. The van der Waals surface area contributed by atoms with Crippen molar-refractivity contribution in [1.82, 2.24) is 14.9 Å². The van der Waals surface area contributed by atoms with Gasteiger partial charge >= 0.3 is 0 Å². The van der Waals surface area contributed by atoms with Gasteiger partial charge in [0.15, 0.2) is 0 Å². The van der Waals surface area contributed by atoms with Gasteiger partial charge in [-0.25, -0.2) is 9.97 Å². The summed E-state index contributed by atoms with van der Waals surface area (Å²) in [7, 11) is 0. The predicted molar refractivity (Wildman–Crippen MR) is 77.4 cm³/mol. The van der Waals surface area contributed by atoms with E-state index in [1.807, 2.05) is 24.4 Å². The Morgan fingerprint density at radius 1 is 1.30 bits per heavy atom. The Hall–Kier alpha value is -1.94. The second-order valence-corrected chi connectivity index (χ2v) is 5.38. The molecule has 1 aliphatic rings. The summed E-state index contributed by atoms with van der Waals surface area (Å²) in [5.41, 5.74) is 2.30. The molecule has 1 aliphatic heterocycles. The smallest absolute Gasteiger partial charge is 0.115 e. The third-order valence-corrected chi connectivity index (χ3v) is 3.85. The van der Waals surface area contributed by atoms with E-state index in [0.29, 0.717) is 11.7 Å². The zero-order valence-corrected chi connectivity index (χ0v) is 11.4. The first kappa shape index (κ1) is 13.1. The number of nitrogens with zero attached hydrogens (tertiary/aromatic N) is 3. The molecule has 0 amide bonds. The summed E-state index contributed by atoms with van der Waals surface area (Å²) in [6.45, 7) is 3.01. The lowest BCUT2D eigenvalue weighted by atomic mass is 9.94. The highest BCUT2D eigenvalue weighted by Gasteiger charge is 2.22. The van der Waals surface area contributed by atoms with E-state index in [1.54, 1.807) is 12.4 Å². The Balaban J connectivity index is 1.66. The molecule has 2 heterocycles. The first-order valence-electron chi connectivity index (χ1n) is 7.07. The van der Waals surface area contributed by atoms with Crippen molar-refractivity contribution in [3.8, 4) is 5.75 Å². The maximum Gasteiger partial charge on any atom is 0.115 e. The Bertz CT molecular complexity index is 559. The van der Waals surface area contributed by atoms with Gasteiger partial charge in [-0.3, -0.25) is 4.90 Å². The fourth-order valence-corrected chi connectivity index (χ4v) is 2.90. The van der Waals surface area contributed by atoms with Crippen LogP contribution in [0.3, 0.4) is 0 Å². The Morgan fingerprint density at radius 2 is 2.25 bits per heavy atom. The quantitative estimate of drug-likeness (QED) is 0.930. The third kappa shape index (κ3) is 3.14. The Kier molecular flexibility index (Phi) is 3.92. The Labute approximate surface area is 119 Å².